The van der Waals surface area contributed by atoms with E-state index in [1.54, 1.807) is 31.8 Å². The number of rotatable bonds is 8. The molecule has 6 nitrogen and oxygen atoms in total. The molecule has 0 saturated carbocycles. The molecule has 2 aromatic carbocycles. The number of aromatic nitrogens is 3. The molecular formula is C23H23ClN4O2S. The van der Waals surface area contributed by atoms with Gasteiger partial charge in [0.25, 0.3) is 0 Å². The zero-order chi connectivity index (χ0) is 21.6. The van der Waals surface area contributed by atoms with Crippen LogP contribution in [0.25, 0.3) is 11.3 Å². The molecule has 0 aliphatic heterocycles. The van der Waals surface area contributed by atoms with Gasteiger partial charge in [0, 0.05) is 41.4 Å². The zero-order valence-electron chi connectivity index (χ0n) is 17.4. The summed E-state index contributed by atoms with van der Waals surface area (Å²) in [5.74, 6) is 1.57. The van der Waals surface area contributed by atoms with E-state index in [1.807, 2.05) is 55.0 Å². The Morgan fingerprint density at radius 2 is 2.00 bits per heavy atom. The minimum Gasteiger partial charge on any atom is -0.497 e. The molecular weight excluding hydrogens is 432 g/mol. The highest BCUT2D eigenvalue weighted by Gasteiger charge is 2.14. The summed E-state index contributed by atoms with van der Waals surface area (Å²) in [6.45, 7) is 1.66. The monoisotopic (exact) mass is 454 g/mol. The summed E-state index contributed by atoms with van der Waals surface area (Å²) in [6.07, 6.45) is 6.53. The molecule has 0 bridgehead atoms. The summed E-state index contributed by atoms with van der Waals surface area (Å²) in [5.41, 5.74) is 2.82. The van der Waals surface area contributed by atoms with Crippen molar-refractivity contribution in [1.82, 2.24) is 14.1 Å². The van der Waals surface area contributed by atoms with Gasteiger partial charge in [0.2, 0.25) is 0 Å². The Labute approximate surface area is 190 Å². The second kappa shape index (κ2) is 9.85. The van der Waals surface area contributed by atoms with Crippen LogP contribution in [-0.4, -0.2) is 28.3 Å². The number of hydrogen-bond donors (Lipinski definition) is 0. The summed E-state index contributed by atoms with van der Waals surface area (Å²) in [6, 6.07) is 13.4. The summed E-state index contributed by atoms with van der Waals surface area (Å²) < 4.78 is 15.4. The molecule has 4 aromatic rings. The molecule has 0 spiro atoms. The van der Waals surface area contributed by atoms with Crippen LogP contribution in [0.5, 0.6) is 11.5 Å². The highest BCUT2D eigenvalue weighted by atomic mass is 35.5. The van der Waals surface area contributed by atoms with Crippen molar-refractivity contribution in [2.24, 2.45) is 4.99 Å². The van der Waals surface area contributed by atoms with E-state index in [1.165, 1.54) is 0 Å². The van der Waals surface area contributed by atoms with Crippen molar-refractivity contribution in [3.8, 4) is 22.8 Å². The number of nitrogens with zero attached hydrogens (tertiary/aromatic N) is 4. The van der Waals surface area contributed by atoms with Crippen LogP contribution in [0.1, 0.15) is 6.42 Å². The molecule has 0 N–H and O–H groups in total. The maximum absolute atomic E-state index is 6.16. The van der Waals surface area contributed by atoms with E-state index in [2.05, 4.69) is 19.5 Å². The van der Waals surface area contributed by atoms with Gasteiger partial charge in [0.05, 0.1) is 31.9 Å². The summed E-state index contributed by atoms with van der Waals surface area (Å²) in [4.78, 5) is 9.89. The lowest BCUT2D eigenvalue weighted by atomic mass is 10.1. The third kappa shape index (κ3) is 5.00. The maximum Gasteiger partial charge on any atom is 0.190 e. The van der Waals surface area contributed by atoms with Gasteiger partial charge in [0.1, 0.15) is 11.5 Å². The number of benzene rings is 2. The van der Waals surface area contributed by atoms with Crippen molar-refractivity contribution < 1.29 is 9.47 Å². The normalized spacial score (nSPS) is 11.6. The Morgan fingerprint density at radius 1 is 1.10 bits per heavy atom. The number of ether oxygens (including phenoxy) is 2. The van der Waals surface area contributed by atoms with E-state index in [9.17, 15) is 0 Å². The van der Waals surface area contributed by atoms with Crippen molar-refractivity contribution in [3.05, 3.63) is 76.4 Å². The second-order valence-electron chi connectivity index (χ2n) is 6.87. The standard InChI is InChI=1S/C23H23ClN4O2S/c1-29-19-7-8-22(30-2)20(14-19)21-15-31-23(26-18-6-3-5-17(24)13-18)28(21)11-4-10-27-12-9-25-16-27/h3,5-9,12-16H,4,10-11H2,1-2H3. The predicted octanol–water partition coefficient (Wildman–Crippen LogP) is 5.41. The smallest absolute Gasteiger partial charge is 0.190 e. The minimum atomic E-state index is 0.666. The summed E-state index contributed by atoms with van der Waals surface area (Å²) >= 11 is 7.75. The van der Waals surface area contributed by atoms with Crippen LogP contribution in [-0.2, 0) is 13.1 Å². The molecule has 31 heavy (non-hydrogen) atoms. The van der Waals surface area contributed by atoms with E-state index < -0.39 is 0 Å². The Kier molecular flexibility index (Phi) is 6.74. The third-order valence-electron chi connectivity index (χ3n) is 4.87. The van der Waals surface area contributed by atoms with E-state index in [-0.39, 0.29) is 0 Å². The van der Waals surface area contributed by atoms with Crippen LogP contribution in [0, 0.1) is 0 Å². The number of methoxy groups -OCH3 is 2. The van der Waals surface area contributed by atoms with Crippen molar-refractivity contribution in [2.45, 2.75) is 19.5 Å². The van der Waals surface area contributed by atoms with Crippen molar-refractivity contribution in [1.29, 1.82) is 0 Å². The molecule has 0 amide bonds. The molecule has 4 rings (SSSR count). The molecule has 0 aliphatic rings. The molecule has 2 heterocycles. The molecule has 0 saturated heterocycles. The van der Waals surface area contributed by atoms with E-state index in [4.69, 9.17) is 26.1 Å². The van der Waals surface area contributed by atoms with Gasteiger partial charge < -0.3 is 18.6 Å². The van der Waals surface area contributed by atoms with Gasteiger partial charge in [-0.15, -0.1) is 11.3 Å². The lowest BCUT2D eigenvalue weighted by Gasteiger charge is -2.14. The first-order chi connectivity index (χ1) is 15.2. The van der Waals surface area contributed by atoms with Crippen LogP contribution < -0.4 is 14.3 Å². The molecule has 8 heteroatoms. The number of aryl methyl sites for hydroxylation is 1. The first kappa shape index (κ1) is 21.2. The quantitative estimate of drug-likeness (QED) is 0.358. The van der Waals surface area contributed by atoms with Crippen molar-refractivity contribution >= 4 is 28.6 Å². The molecule has 0 fully saturated rings. The highest BCUT2D eigenvalue weighted by molar-refractivity contribution is 7.07. The van der Waals surface area contributed by atoms with Gasteiger partial charge in [-0.05, 0) is 42.8 Å². The number of hydrogen-bond acceptors (Lipinski definition) is 5. The topological polar surface area (TPSA) is 53.6 Å². The first-order valence-electron chi connectivity index (χ1n) is 9.84. The highest BCUT2D eigenvalue weighted by Crippen LogP contribution is 2.34. The number of thiazole rings is 1. The van der Waals surface area contributed by atoms with Crippen molar-refractivity contribution in [3.63, 3.8) is 0 Å². The average molecular weight is 455 g/mol. The zero-order valence-corrected chi connectivity index (χ0v) is 18.9. The van der Waals surface area contributed by atoms with Crippen molar-refractivity contribution in [2.75, 3.05) is 14.2 Å². The van der Waals surface area contributed by atoms with Gasteiger partial charge in [-0.25, -0.2) is 9.98 Å². The van der Waals surface area contributed by atoms with Crippen LogP contribution in [0.2, 0.25) is 5.02 Å². The summed E-state index contributed by atoms with van der Waals surface area (Å²) in [7, 11) is 3.34. The summed E-state index contributed by atoms with van der Waals surface area (Å²) in [5, 5.41) is 2.77. The fourth-order valence-electron chi connectivity index (χ4n) is 3.35. The largest absolute Gasteiger partial charge is 0.497 e. The lowest BCUT2D eigenvalue weighted by molar-refractivity contribution is 0.404. The molecule has 160 valence electrons. The second-order valence-corrected chi connectivity index (χ2v) is 8.14. The molecule has 0 atom stereocenters. The van der Waals surface area contributed by atoms with Gasteiger partial charge in [-0.1, -0.05) is 17.7 Å². The van der Waals surface area contributed by atoms with Gasteiger partial charge in [-0.3, -0.25) is 0 Å². The van der Waals surface area contributed by atoms with E-state index in [0.29, 0.717) is 5.02 Å². The van der Waals surface area contributed by atoms with Crippen LogP contribution in [0.15, 0.2) is 71.6 Å². The maximum atomic E-state index is 6.16. The van der Waals surface area contributed by atoms with E-state index >= 15 is 0 Å². The Balaban J connectivity index is 1.77. The third-order valence-corrected chi connectivity index (χ3v) is 5.97. The number of halogens is 1. The Morgan fingerprint density at radius 3 is 2.74 bits per heavy atom. The molecule has 0 radical (unpaired) electrons. The molecule has 2 aromatic heterocycles. The SMILES string of the molecule is COc1ccc(OC)c(-c2csc(=Nc3cccc(Cl)c3)n2CCCn2ccnc2)c1. The Hall–Kier alpha value is -3.03. The van der Waals surface area contributed by atoms with Crippen LogP contribution in [0.3, 0.4) is 0 Å². The fourth-order valence-corrected chi connectivity index (χ4v) is 4.48. The predicted molar refractivity (Wildman–Crippen MR) is 124 cm³/mol. The first-order valence-corrected chi connectivity index (χ1v) is 11.1. The van der Waals surface area contributed by atoms with Crippen LogP contribution >= 0.6 is 22.9 Å². The number of imidazole rings is 1. The fraction of sp³-hybridized carbons (Fsp3) is 0.217. The molecule has 0 unspecified atom stereocenters. The van der Waals surface area contributed by atoms with Crippen LogP contribution in [0.4, 0.5) is 5.69 Å². The average Bonchev–Trinajstić information content (AvgIpc) is 3.44. The molecule has 0 aliphatic carbocycles. The Bertz CT molecular complexity index is 1210. The van der Waals surface area contributed by atoms with E-state index in [0.717, 1.165) is 52.8 Å². The lowest BCUT2D eigenvalue weighted by Crippen LogP contribution is -2.17. The van der Waals surface area contributed by atoms with Gasteiger partial charge >= 0.3 is 0 Å². The van der Waals surface area contributed by atoms with Gasteiger partial charge in [-0.2, -0.15) is 0 Å². The van der Waals surface area contributed by atoms with Gasteiger partial charge in [0.15, 0.2) is 4.80 Å². The minimum absolute atomic E-state index is 0.666.